The second-order valence-electron chi connectivity index (χ2n) is 6.59. The van der Waals surface area contributed by atoms with Gasteiger partial charge in [-0.1, -0.05) is 11.6 Å². The van der Waals surface area contributed by atoms with E-state index in [0.29, 0.717) is 29.5 Å². The predicted octanol–water partition coefficient (Wildman–Crippen LogP) is 5.81. The van der Waals surface area contributed by atoms with E-state index in [0.717, 1.165) is 18.2 Å². The standard InChI is InChI=1S/C20H15ClF3N5O2/c21-15-6-1-11(20(22,23)24)9-16(15)28-19(30)27-12-2-4-13(5-3-12)29-10-26-18-14(17(29)25)7-8-31-18/h1-9,25-26H,10H2,(H2,27,28,30). The van der Waals surface area contributed by atoms with E-state index in [1.165, 1.54) is 6.26 Å². The molecule has 1 aliphatic heterocycles. The molecule has 2 aromatic carbocycles. The van der Waals surface area contributed by atoms with Crippen molar-refractivity contribution in [2.75, 3.05) is 27.5 Å². The Morgan fingerprint density at radius 3 is 2.58 bits per heavy atom. The molecule has 1 aliphatic rings. The molecule has 31 heavy (non-hydrogen) atoms. The van der Waals surface area contributed by atoms with Crippen LogP contribution in [0.4, 0.5) is 40.9 Å². The molecule has 160 valence electrons. The number of amidine groups is 1. The van der Waals surface area contributed by atoms with Gasteiger partial charge in [-0.15, -0.1) is 0 Å². The molecule has 3 aromatic rings. The summed E-state index contributed by atoms with van der Waals surface area (Å²) in [6.45, 7) is 0.334. The van der Waals surface area contributed by atoms with Crippen LogP contribution in [0.2, 0.25) is 5.02 Å². The maximum atomic E-state index is 12.9. The molecule has 2 heterocycles. The van der Waals surface area contributed by atoms with Crippen LogP contribution in [0.5, 0.6) is 0 Å². The van der Waals surface area contributed by atoms with Crippen molar-refractivity contribution >= 4 is 46.4 Å². The fourth-order valence-corrected chi connectivity index (χ4v) is 3.20. The molecule has 11 heteroatoms. The lowest BCUT2D eigenvalue weighted by atomic mass is 10.2. The molecule has 0 atom stereocenters. The maximum Gasteiger partial charge on any atom is 0.416 e. The number of carbonyl (C=O) groups is 1. The Labute approximate surface area is 179 Å². The minimum absolute atomic E-state index is 0.0202. The largest absolute Gasteiger partial charge is 0.448 e. The number of halogens is 4. The van der Waals surface area contributed by atoms with Gasteiger partial charge in [-0.2, -0.15) is 13.2 Å². The van der Waals surface area contributed by atoms with Crippen molar-refractivity contribution in [3.63, 3.8) is 0 Å². The smallest absolute Gasteiger partial charge is 0.416 e. The van der Waals surface area contributed by atoms with Crippen molar-refractivity contribution in [3.05, 3.63) is 70.9 Å². The number of furan rings is 1. The lowest BCUT2D eigenvalue weighted by molar-refractivity contribution is -0.137. The highest BCUT2D eigenvalue weighted by Crippen LogP contribution is 2.34. The quantitative estimate of drug-likeness (QED) is 0.406. The topological polar surface area (TPSA) is 93.4 Å². The van der Waals surface area contributed by atoms with E-state index in [1.807, 2.05) is 0 Å². The molecule has 0 aliphatic carbocycles. The monoisotopic (exact) mass is 449 g/mol. The number of nitrogens with zero attached hydrogens (tertiary/aromatic N) is 1. The van der Waals surface area contributed by atoms with Crippen molar-refractivity contribution in [2.45, 2.75) is 6.18 Å². The first-order chi connectivity index (χ1) is 14.7. The number of fused-ring (bicyclic) bond motifs is 1. The minimum Gasteiger partial charge on any atom is -0.448 e. The molecule has 0 fully saturated rings. The van der Waals surface area contributed by atoms with E-state index in [4.69, 9.17) is 21.4 Å². The molecule has 0 unspecified atom stereocenters. The minimum atomic E-state index is -4.55. The Morgan fingerprint density at radius 1 is 1.13 bits per heavy atom. The number of benzene rings is 2. The fourth-order valence-electron chi connectivity index (χ4n) is 3.04. The first-order valence-electron chi connectivity index (χ1n) is 8.95. The van der Waals surface area contributed by atoms with Crippen molar-refractivity contribution < 1.29 is 22.4 Å². The van der Waals surface area contributed by atoms with Gasteiger partial charge in [0.1, 0.15) is 5.84 Å². The SMILES string of the molecule is N=C1c2ccoc2NCN1c1ccc(NC(=O)Nc2cc(C(F)(F)F)ccc2Cl)cc1. The third-order valence-corrected chi connectivity index (χ3v) is 4.90. The lowest BCUT2D eigenvalue weighted by Gasteiger charge is -2.29. The highest BCUT2D eigenvalue weighted by molar-refractivity contribution is 6.33. The van der Waals surface area contributed by atoms with E-state index in [9.17, 15) is 18.0 Å². The highest BCUT2D eigenvalue weighted by atomic mass is 35.5. The molecule has 0 saturated heterocycles. The molecule has 1 aromatic heterocycles. The van der Waals surface area contributed by atoms with Crippen LogP contribution in [0, 0.1) is 5.41 Å². The third-order valence-electron chi connectivity index (χ3n) is 4.57. The zero-order valence-corrected chi connectivity index (χ0v) is 16.4. The number of anilines is 4. The normalized spacial score (nSPS) is 13.4. The number of hydrogen-bond donors (Lipinski definition) is 4. The van der Waals surface area contributed by atoms with Crippen molar-refractivity contribution in [1.82, 2.24) is 0 Å². The van der Waals surface area contributed by atoms with Gasteiger partial charge >= 0.3 is 12.2 Å². The number of amides is 2. The van der Waals surface area contributed by atoms with Crippen LogP contribution in [0.25, 0.3) is 0 Å². The molecule has 2 amide bonds. The average molecular weight is 450 g/mol. The van der Waals surface area contributed by atoms with Gasteiger partial charge < -0.3 is 25.3 Å². The summed E-state index contributed by atoms with van der Waals surface area (Å²) in [7, 11) is 0. The second-order valence-corrected chi connectivity index (χ2v) is 7.00. The van der Waals surface area contributed by atoms with E-state index in [-0.39, 0.29) is 16.5 Å². The molecule has 0 bridgehead atoms. The number of carbonyl (C=O) groups excluding carboxylic acids is 1. The molecule has 0 radical (unpaired) electrons. The Balaban J connectivity index is 1.43. The molecule has 0 saturated carbocycles. The summed E-state index contributed by atoms with van der Waals surface area (Å²) in [4.78, 5) is 13.9. The second kappa shape index (κ2) is 7.88. The lowest BCUT2D eigenvalue weighted by Crippen LogP contribution is -2.39. The summed E-state index contributed by atoms with van der Waals surface area (Å²) < 4.78 is 43.9. The fraction of sp³-hybridized carbons (Fsp3) is 0.100. The van der Waals surface area contributed by atoms with E-state index >= 15 is 0 Å². The highest BCUT2D eigenvalue weighted by Gasteiger charge is 2.31. The van der Waals surface area contributed by atoms with Crippen LogP contribution in [0.1, 0.15) is 11.1 Å². The van der Waals surface area contributed by atoms with Gasteiger partial charge in [-0.3, -0.25) is 5.41 Å². The Kier molecular flexibility index (Phi) is 5.24. The van der Waals surface area contributed by atoms with E-state index in [2.05, 4.69) is 16.0 Å². The number of hydrogen-bond acceptors (Lipinski definition) is 4. The molecule has 4 N–H and O–H groups in total. The summed E-state index contributed by atoms with van der Waals surface area (Å²) in [5, 5.41) is 16.2. The molecule has 4 rings (SSSR count). The van der Waals surface area contributed by atoms with Gasteiger partial charge in [-0.25, -0.2) is 4.79 Å². The predicted molar refractivity (Wildman–Crippen MR) is 112 cm³/mol. The molecular formula is C20H15ClF3N5O2. The average Bonchev–Trinajstić information content (AvgIpc) is 3.20. The van der Waals surface area contributed by atoms with Gasteiger partial charge in [-0.05, 0) is 48.5 Å². The van der Waals surface area contributed by atoms with Crippen molar-refractivity contribution in [2.24, 2.45) is 0 Å². The molecular weight excluding hydrogens is 435 g/mol. The van der Waals surface area contributed by atoms with Crippen molar-refractivity contribution in [3.8, 4) is 0 Å². The summed E-state index contributed by atoms with van der Waals surface area (Å²) in [6.07, 6.45) is -3.06. The zero-order valence-electron chi connectivity index (χ0n) is 15.7. The van der Waals surface area contributed by atoms with Gasteiger partial charge in [0.15, 0.2) is 0 Å². The zero-order chi connectivity index (χ0) is 22.2. The number of urea groups is 1. The Hall–Kier alpha value is -3.66. The summed E-state index contributed by atoms with van der Waals surface area (Å²) in [5.41, 5.74) is 0.663. The van der Waals surface area contributed by atoms with E-state index < -0.39 is 17.8 Å². The van der Waals surface area contributed by atoms with Crippen LogP contribution >= 0.6 is 11.6 Å². The van der Waals surface area contributed by atoms with E-state index in [1.54, 1.807) is 35.2 Å². The van der Waals surface area contributed by atoms with Crippen LogP contribution in [0.3, 0.4) is 0 Å². The van der Waals surface area contributed by atoms with Gasteiger partial charge in [0.05, 0.1) is 34.8 Å². The van der Waals surface area contributed by atoms with Gasteiger partial charge in [0.25, 0.3) is 0 Å². The first-order valence-corrected chi connectivity index (χ1v) is 9.33. The van der Waals surface area contributed by atoms with Crippen LogP contribution in [-0.4, -0.2) is 18.5 Å². The van der Waals surface area contributed by atoms with Crippen LogP contribution in [-0.2, 0) is 6.18 Å². The van der Waals surface area contributed by atoms with Gasteiger partial charge in [0.2, 0.25) is 5.88 Å². The maximum absolute atomic E-state index is 12.9. The van der Waals surface area contributed by atoms with Gasteiger partial charge in [0, 0.05) is 11.4 Å². The number of nitrogens with one attached hydrogen (secondary N) is 4. The summed E-state index contributed by atoms with van der Waals surface area (Å²) in [5.74, 6) is 0.796. The van der Waals surface area contributed by atoms with Crippen LogP contribution in [0.15, 0.2) is 59.2 Å². The van der Waals surface area contributed by atoms with Crippen LogP contribution < -0.4 is 20.9 Å². The number of alkyl halides is 3. The first kappa shape index (κ1) is 20.6. The molecule has 7 nitrogen and oxygen atoms in total. The Bertz CT molecular complexity index is 1140. The van der Waals surface area contributed by atoms with Crippen molar-refractivity contribution in [1.29, 1.82) is 5.41 Å². The Morgan fingerprint density at radius 2 is 1.87 bits per heavy atom. The number of rotatable bonds is 3. The summed E-state index contributed by atoms with van der Waals surface area (Å²) in [6, 6.07) is 10.2. The third kappa shape index (κ3) is 4.29. The summed E-state index contributed by atoms with van der Waals surface area (Å²) >= 11 is 5.89. The molecule has 0 spiro atoms.